The molecule has 0 atom stereocenters. The number of nitrogens with two attached hydrogens (primary N) is 1. The summed E-state index contributed by atoms with van der Waals surface area (Å²) in [6.07, 6.45) is 6.74. The molecule has 1 amide bonds. The number of aromatic nitrogens is 1. The monoisotopic (exact) mass is 431 g/mol. The predicted octanol–water partition coefficient (Wildman–Crippen LogP) is 3.26. The zero-order valence-corrected chi connectivity index (χ0v) is 19.0. The standard InChI is InChI=1S/C26H33N5O/c1-28-23-17-26(22-5-3-2-4-21(22)23)9-14-31(15-10-26)25(32)20-7-12-30(13-8-20)18-19-6-11-29-24(27)16-19/h2-6,11,16,20H,7-10,12-15,17-18H2,1H3,(H2,27,29)/b28-23-. The van der Waals surface area contributed by atoms with Crippen LogP contribution in [0, 0.1) is 5.92 Å². The Morgan fingerprint density at radius 2 is 1.91 bits per heavy atom. The van der Waals surface area contributed by atoms with Gasteiger partial charge in [-0.1, -0.05) is 24.3 Å². The number of rotatable bonds is 3. The first-order valence-electron chi connectivity index (χ1n) is 11.8. The van der Waals surface area contributed by atoms with Crippen molar-refractivity contribution < 1.29 is 4.79 Å². The molecule has 1 spiro atoms. The third-order valence-corrected chi connectivity index (χ3v) is 7.81. The van der Waals surface area contributed by atoms with Crippen LogP contribution in [-0.2, 0) is 16.8 Å². The van der Waals surface area contributed by atoms with Gasteiger partial charge in [0.1, 0.15) is 5.82 Å². The zero-order chi connectivity index (χ0) is 22.1. The summed E-state index contributed by atoms with van der Waals surface area (Å²) < 4.78 is 0. The van der Waals surface area contributed by atoms with Crippen LogP contribution in [-0.4, -0.2) is 59.6 Å². The normalized spacial score (nSPS) is 22.4. The van der Waals surface area contributed by atoms with Gasteiger partial charge in [-0.3, -0.25) is 14.7 Å². The highest BCUT2D eigenvalue weighted by Gasteiger charge is 2.45. The number of nitrogens with zero attached hydrogens (tertiary/aromatic N) is 4. The van der Waals surface area contributed by atoms with Crippen LogP contribution in [0.25, 0.3) is 0 Å². The third-order valence-electron chi connectivity index (χ3n) is 7.81. The smallest absolute Gasteiger partial charge is 0.225 e. The van der Waals surface area contributed by atoms with Crippen LogP contribution in [0.2, 0.25) is 0 Å². The lowest BCUT2D eigenvalue weighted by molar-refractivity contribution is -0.138. The highest BCUT2D eigenvalue weighted by Crippen LogP contribution is 2.46. The molecule has 168 valence electrons. The van der Waals surface area contributed by atoms with Crippen molar-refractivity contribution in [1.29, 1.82) is 0 Å². The second-order valence-corrected chi connectivity index (χ2v) is 9.64. The van der Waals surface area contributed by atoms with Crippen LogP contribution in [0.4, 0.5) is 5.82 Å². The van der Waals surface area contributed by atoms with E-state index in [9.17, 15) is 4.79 Å². The van der Waals surface area contributed by atoms with E-state index in [2.05, 4.69) is 44.0 Å². The maximum atomic E-state index is 13.3. The maximum absolute atomic E-state index is 13.3. The molecule has 2 aromatic rings. The zero-order valence-electron chi connectivity index (χ0n) is 19.0. The minimum absolute atomic E-state index is 0.159. The van der Waals surface area contributed by atoms with Crippen LogP contribution in [0.15, 0.2) is 47.6 Å². The van der Waals surface area contributed by atoms with E-state index in [1.165, 1.54) is 22.4 Å². The van der Waals surface area contributed by atoms with Gasteiger partial charge in [0, 0.05) is 49.9 Å². The molecule has 6 heteroatoms. The lowest BCUT2D eigenvalue weighted by Crippen LogP contribution is -2.48. The molecule has 2 fully saturated rings. The first kappa shape index (κ1) is 21.1. The van der Waals surface area contributed by atoms with Gasteiger partial charge in [-0.15, -0.1) is 0 Å². The van der Waals surface area contributed by atoms with Gasteiger partial charge in [-0.2, -0.15) is 0 Å². The number of benzene rings is 1. The quantitative estimate of drug-likeness (QED) is 0.809. The average molecular weight is 432 g/mol. The molecular formula is C26H33N5O. The van der Waals surface area contributed by atoms with Crippen molar-refractivity contribution >= 4 is 17.4 Å². The fourth-order valence-electron chi connectivity index (χ4n) is 5.96. The topological polar surface area (TPSA) is 74.8 Å². The average Bonchev–Trinajstić information content (AvgIpc) is 3.13. The lowest BCUT2D eigenvalue weighted by Gasteiger charge is -2.42. The van der Waals surface area contributed by atoms with E-state index >= 15 is 0 Å². The highest BCUT2D eigenvalue weighted by atomic mass is 16.2. The molecule has 2 saturated heterocycles. The molecule has 6 nitrogen and oxygen atoms in total. The van der Waals surface area contributed by atoms with Crippen LogP contribution in [0.5, 0.6) is 0 Å². The number of anilines is 1. The second-order valence-electron chi connectivity index (χ2n) is 9.64. The minimum Gasteiger partial charge on any atom is -0.384 e. The molecule has 0 bridgehead atoms. The molecule has 0 unspecified atom stereocenters. The van der Waals surface area contributed by atoms with Gasteiger partial charge in [-0.25, -0.2) is 4.98 Å². The number of likely N-dealkylation sites (tertiary alicyclic amines) is 2. The fourth-order valence-corrected chi connectivity index (χ4v) is 5.96. The largest absolute Gasteiger partial charge is 0.384 e. The predicted molar refractivity (Wildman–Crippen MR) is 128 cm³/mol. The number of aliphatic imine (C=N–C) groups is 1. The van der Waals surface area contributed by atoms with Gasteiger partial charge in [0.25, 0.3) is 0 Å². The summed E-state index contributed by atoms with van der Waals surface area (Å²) in [4.78, 5) is 26.5. The molecule has 1 aromatic carbocycles. The number of hydrogen-bond donors (Lipinski definition) is 1. The number of carbonyl (C=O) groups is 1. The van der Waals surface area contributed by atoms with Crippen molar-refractivity contribution in [3.05, 3.63) is 59.3 Å². The molecule has 32 heavy (non-hydrogen) atoms. The Kier molecular flexibility index (Phi) is 5.72. The van der Waals surface area contributed by atoms with Crippen LogP contribution < -0.4 is 5.73 Å². The summed E-state index contributed by atoms with van der Waals surface area (Å²) in [6, 6.07) is 12.7. The number of carbonyl (C=O) groups excluding carboxylic acids is 1. The number of amides is 1. The third kappa shape index (κ3) is 3.92. The van der Waals surface area contributed by atoms with Crippen molar-refractivity contribution in [2.45, 2.75) is 44.1 Å². The van der Waals surface area contributed by atoms with Crippen molar-refractivity contribution in [3.63, 3.8) is 0 Å². The second kappa shape index (κ2) is 8.66. The van der Waals surface area contributed by atoms with E-state index in [1.54, 1.807) is 6.20 Å². The Morgan fingerprint density at radius 3 is 2.62 bits per heavy atom. The van der Waals surface area contributed by atoms with E-state index in [1.807, 2.05) is 19.2 Å². The van der Waals surface area contributed by atoms with Crippen LogP contribution in [0.3, 0.4) is 0 Å². The molecule has 0 saturated carbocycles. The van der Waals surface area contributed by atoms with E-state index < -0.39 is 0 Å². The Hall–Kier alpha value is -2.73. The maximum Gasteiger partial charge on any atom is 0.225 e. The number of piperidine rings is 2. The minimum atomic E-state index is 0.159. The molecule has 2 aliphatic heterocycles. The van der Waals surface area contributed by atoms with Crippen LogP contribution in [0.1, 0.15) is 48.8 Å². The Bertz CT molecular complexity index is 1020. The fraction of sp³-hybridized carbons (Fsp3) is 0.500. The van der Waals surface area contributed by atoms with E-state index in [0.29, 0.717) is 11.7 Å². The van der Waals surface area contributed by atoms with Crippen molar-refractivity contribution in [1.82, 2.24) is 14.8 Å². The van der Waals surface area contributed by atoms with Gasteiger partial charge in [-0.05, 0) is 74.0 Å². The van der Waals surface area contributed by atoms with Crippen LogP contribution >= 0.6 is 0 Å². The summed E-state index contributed by atoms with van der Waals surface area (Å²) in [6.45, 7) is 4.52. The first-order valence-corrected chi connectivity index (χ1v) is 11.8. The van der Waals surface area contributed by atoms with Crippen molar-refractivity contribution in [3.8, 4) is 0 Å². The lowest BCUT2D eigenvalue weighted by atomic mass is 9.73. The number of pyridine rings is 1. The van der Waals surface area contributed by atoms with Gasteiger partial charge < -0.3 is 10.6 Å². The Balaban J connectivity index is 1.17. The molecule has 2 N–H and O–H groups in total. The summed E-state index contributed by atoms with van der Waals surface area (Å²) in [5.41, 5.74) is 11.1. The van der Waals surface area contributed by atoms with Gasteiger partial charge in [0.05, 0.1) is 0 Å². The summed E-state index contributed by atoms with van der Waals surface area (Å²) >= 11 is 0. The van der Waals surface area contributed by atoms with Crippen molar-refractivity contribution in [2.24, 2.45) is 10.9 Å². The first-order chi connectivity index (χ1) is 15.6. The number of nitrogen functional groups attached to an aromatic ring is 1. The number of hydrogen-bond acceptors (Lipinski definition) is 5. The van der Waals surface area contributed by atoms with E-state index in [4.69, 9.17) is 5.73 Å². The Morgan fingerprint density at radius 1 is 1.16 bits per heavy atom. The van der Waals surface area contributed by atoms with Crippen molar-refractivity contribution in [2.75, 3.05) is 39.0 Å². The summed E-state index contributed by atoms with van der Waals surface area (Å²) in [7, 11) is 1.90. The van der Waals surface area contributed by atoms with Gasteiger partial charge >= 0.3 is 0 Å². The summed E-state index contributed by atoms with van der Waals surface area (Å²) in [5.74, 6) is 1.09. The van der Waals surface area contributed by atoms with E-state index in [-0.39, 0.29) is 11.3 Å². The SMILES string of the molecule is C/N=C1/CC2(CCN(C(=O)C3CCN(Cc4ccnc(N)c4)CC3)CC2)c2ccccc21. The molecule has 1 aliphatic carbocycles. The van der Waals surface area contributed by atoms with Gasteiger partial charge in [0.2, 0.25) is 5.91 Å². The Labute approximate surface area is 190 Å². The number of fused-ring (bicyclic) bond motifs is 2. The molecule has 3 heterocycles. The van der Waals surface area contributed by atoms with Gasteiger partial charge in [0.15, 0.2) is 0 Å². The molecule has 3 aliphatic rings. The molecule has 0 radical (unpaired) electrons. The molecule has 1 aromatic heterocycles. The molecule has 5 rings (SSSR count). The summed E-state index contributed by atoms with van der Waals surface area (Å²) in [5, 5.41) is 0. The van der Waals surface area contributed by atoms with E-state index in [0.717, 1.165) is 64.8 Å². The highest BCUT2D eigenvalue weighted by molar-refractivity contribution is 6.06. The molecular weight excluding hydrogens is 398 g/mol.